The summed E-state index contributed by atoms with van der Waals surface area (Å²) in [5, 5.41) is 1.01. The largest absolute Gasteiger partial charge is 0.358 e. The van der Waals surface area contributed by atoms with Crippen LogP contribution in [0.5, 0.6) is 0 Å². The molecule has 2 nitrogen and oxygen atoms in total. The molecule has 1 N–H and O–H groups in total. The van der Waals surface area contributed by atoms with Gasteiger partial charge in [0.15, 0.2) is 5.78 Å². The maximum atomic E-state index is 12.7. The summed E-state index contributed by atoms with van der Waals surface area (Å²) < 4.78 is 0. The van der Waals surface area contributed by atoms with Gasteiger partial charge in [0.25, 0.3) is 0 Å². The van der Waals surface area contributed by atoms with Crippen molar-refractivity contribution in [1.82, 2.24) is 4.98 Å². The standard InChI is InChI=1S/C18H17NO/c1-11-4-7-14(8-5-11)18(20)17-13(3)19-16-9-6-12(2)10-15(16)17/h4-10,19H,1-3H3. The fourth-order valence-corrected chi connectivity index (χ4v) is 2.58. The monoisotopic (exact) mass is 263 g/mol. The van der Waals surface area contributed by atoms with Gasteiger partial charge in [-0.1, -0.05) is 41.5 Å². The van der Waals surface area contributed by atoms with Gasteiger partial charge in [-0.15, -0.1) is 0 Å². The van der Waals surface area contributed by atoms with Gasteiger partial charge in [-0.2, -0.15) is 0 Å². The topological polar surface area (TPSA) is 32.9 Å². The first kappa shape index (κ1) is 12.7. The maximum absolute atomic E-state index is 12.7. The molecule has 0 radical (unpaired) electrons. The number of H-pyrrole nitrogens is 1. The normalized spacial score (nSPS) is 10.9. The van der Waals surface area contributed by atoms with E-state index >= 15 is 0 Å². The molecule has 1 aromatic heterocycles. The van der Waals surface area contributed by atoms with Crippen LogP contribution in [0, 0.1) is 20.8 Å². The maximum Gasteiger partial charge on any atom is 0.195 e. The molecule has 0 spiro atoms. The quantitative estimate of drug-likeness (QED) is 0.686. The molecule has 0 aliphatic rings. The summed E-state index contributed by atoms with van der Waals surface area (Å²) in [6.45, 7) is 6.02. The molecule has 0 unspecified atom stereocenters. The number of aromatic amines is 1. The number of aryl methyl sites for hydroxylation is 3. The predicted octanol–water partition coefficient (Wildman–Crippen LogP) is 4.32. The highest BCUT2D eigenvalue weighted by atomic mass is 16.1. The molecule has 2 heteroatoms. The second-order valence-electron chi connectivity index (χ2n) is 5.37. The van der Waals surface area contributed by atoms with E-state index in [1.54, 1.807) is 0 Å². The van der Waals surface area contributed by atoms with E-state index in [-0.39, 0.29) is 5.78 Å². The van der Waals surface area contributed by atoms with Crippen molar-refractivity contribution in [3.8, 4) is 0 Å². The summed E-state index contributed by atoms with van der Waals surface area (Å²) in [5.41, 5.74) is 5.79. The lowest BCUT2D eigenvalue weighted by Gasteiger charge is -2.03. The van der Waals surface area contributed by atoms with Crippen molar-refractivity contribution in [1.29, 1.82) is 0 Å². The Morgan fingerprint density at radius 1 is 0.900 bits per heavy atom. The van der Waals surface area contributed by atoms with Gasteiger partial charge >= 0.3 is 0 Å². The van der Waals surface area contributed by atoms with Crippen molar-refractivity contribution in [3.05, 3.63) is 70.4 Å². The van der Waals surface area contributed by atoms with Gasteiger partial charge in [0.1, 0.15) is 0 Å². The van der Waals surface area contributed by atoms with Crippen LogP contribution < -0.4 is 0 Å². The Kier molecular flexibility index (Phi) is 2.94. The second kappa shape index (κ2) is 4.64. The first-order valence-corrected chi connectivity index (χ1v) is 6.76. The van der Waals surface area contributed by atoms with Crippen molar-refractivity contribution >= 4 is 16.7 Å². The Labute approximate surface area is 118 Å². The zero-order valence-corrected chi connectivity index (χ0v) is 11.9. The molecule has 0 aliphatic heterocycles. The van der Waals surface area contributed by atoms with Crippen LogP contribution in [0.3, 0.4) is 0 Å². The van der Waals surface area contributed by atoms with Crippen molar-refractivity contribution < 1.29 is 4.79 Å². The SMILES string of the molecule is Cc1ccc(C(=O)c2c(C)[nH]c3ccc(C)cc23)cc1. The number of ketones is 1. The minimum Gasteiger partial charge on any atom is -0.358 e. The van der Waals surface area contributed by atoms with E-state index < -0.39 is 0 Å². The minimum atomic E-state index is 0.0827. The summed E-state index contributed by atoms with van der Waals surface area (Å²) >= 11 is 0. The Bertz CT molecular complexity index is 794. The summed E-state index contributed by atoms with van der Waals surface area (Å²) in [7, 11) is 0. The highest BCUT2D eigenvalue weighted by Gasteiger charge is 2.17. The average molecular weight is 263 g/mol. The molecular weight excluding hydrogens is 246 g/mol. The van der Waals surface area contributed by atoms with E-state index in [1.165, 1.54) is 0 Å². The number of carbonyl (C=O) groups excluding carboxylic acids is 1. The van der Waals surface area contributed by atoms with Gasteiger partial charge < -0.3 is 4.98 Å². The number of rotatable bonds is 2. The van der Waals surface area contributed by atoms with E-state index in [1.807, 2.05) is 51.1 Å². The van der Waals surface area contributed by atoms with Gasteiger partial charge in [-0.3, -0.25) is 4.79 Å². The van der Waals surface area contributed by atoms with Gasteiger partial charge in [0, 0.05) is 22.2 Å². The Balaban J connectivity index is 2.18. The van der Waals surface area contributed by atoms with Crippen LogP contribution in [0.2, 0.25) is 0 Å². The zero-order chi connectivity index (χ0) is 14.3. The molecule has 0 amide bonds. The zero-order valence-electron chi connectivity index (χ0n) is 11.9. The number of carbonyl (C=O) groups is 1. The van der Waals surface area contributed by atoms with Crippen LogP contribution in [-0.4, -0.2) is 10.8 Å². The summed E-state index contributed by atoms with van der Waals surface area (Å²) in [4.78, 5) is 16.0. The molecule has 3 rings (SSSR count). The van der Waals surface area contributed by atoms with E-state index in [0.29, 0.717) is 0 Å². The first-order valence-electron chi connectivity index (χ1n) is 6.76. The third-order valence-electron chi connectivity index (χ3n) is 3.68. The molecule has 2 aromatic carbocycles. The molecule has 0 fully saturated rings. The van der Waals surface area contributed by atoms with Crippen LogP contribution in [0.25, 0.3) is 10.9 Å². The molecule has 3 aromatic rings. The van der Waals surface area contributed by atoms with Crippen LogP contribution >= 0.6 is 0 Å². The number of hydrogen-bond donors (Lipinski definition) is 1. The molecular formula is C18H17NO. The number of nitrogens with one attached hydrogen (secondary N) is 1. The summed E-state index contributed by atoms with van der Waals surface area (Å²) in [5.74, 6) is 0.0827. The number of benzene rings is 2. The molecule has 0 aliphatic carbocycles. The Morgan fingerprint density at radius 2 is 1.55 bits per heavy atom. The molecule has 0 atom stereocenters. The lowest BCUT2D eigenvalue weighted by Crippen LogP contribution is -2.02. The molecule has 1 heterocycles. The lowest BCUT2D eigenvalue weighted by molar-refractivity contribution is 0.104. The molecule has 20 heavy (non-hydrogen) atoms. The number of fused-ring (bicyclic) bond motifs is 1. The third-order valence-corrected chi connectivity index (χ3v) is 3.68. The summed E-state index contributed by atoms with van der Waals surface area (Å²) in [6, 6.07) is 13.9. The fourth-order valence-electron chi connectivity index (χ4n) is 2.58. The molecule has 0 saturated heterocycles. The lowest BCUT2D eigenvalue weighted by atomic mass is 9.99. The van der Waals surface area contributed by atoms with E-state index in [9.17, 15) is 4.79 Å². The van der Waals surface area contributed by atoms with Gasteiger partial charge in [0.05, 0.1) is 5.56 Å². The Hall–Kier alpha value is -2.35. The predicted molar refractivity (Wildman–Crippen MR) is 82.4 cm³/mol. The van der Waals surface area contributed by atoms with Gasteiger partial charge in [-0.25, -0.2) is 0 Å². The van der Waals surface area contributed by atoms with E-state index in [4.69, 9.17) is 0 Å². The molecule has 0 saturated carbocycles. The van der Waals surface area contributed by atoms with Crippen molar-refractivity contribution in [2.45, 2.75) is 20.8 Å². The van der Waals surface area contributed by atoms with Crippen molar-refractivity contribution in [2.24, 2.45) is 0 Å². The second-order valence-corrected chi connectivity index (χ2v) is 5.37. The Morgan fingerprint density at radius 3 is 2.25 bits per heavy atom. The molecule has 100 valence electrons. The third kappa shape index (κ3) is 2.03. The van der Waals surface area contributed by atoms with Gasteiger partial charge in [-0.05, 0) is 32.9 Å². The number of hydrogen-bond acceptors (Lipinski definition) is 1. The molecule has 0 bridgehead atoms. The highest BCUT2D eigenvalue weighted by Crippen LogP contribution is 2.25. The summed E-state index contributed by atoms with van der Waals surface area (Å²) in [6.07, 6.45) is 0. The smallest absolute Gasteiger partial charge is 0.195 e. The first-order chi connectivity index (χ1) is 9.56. The fraction of sp³-hybridized carbons (Fsp3) is 0.167. The van der Waals surface area contributed by atoms with Crippen LogP contribution in [0.15, 0.2) is 42.5 Å². The van der Waals surface area contributed by atoms with Crippen LogP contribution in [0.1, 0.15) is 32.7 Å². The highest BCUT2D eigenvalue weighted by molar-refractivity contribution is 6.17. The van der Waals surface area contributed by atoms with Crippen molar-refractivity contribution in [2.75, 3.05) is 0 Å². The van der Waals surface area contributed by atoms with Crippen LogP contribution in [-0.2, 0) is 0 Å². The van der Waals surface area contributed by atoms with E-state index in [2.05, 4.69) is 17.1 Å². The van der Waals surface area contributed by atoms with Gasteiger partial charge in [0.2, 0.25) is 0 Å². The average Bonchev–Trinajstić information content (AvgIpc) is 2.74. The number of aromatic nitrogens is 1. The van der Waals surface area contributed by atoms with Crippen molar-refractivity contribution in [3.63, 3.8) is 0 Å². The van der Waals surface area contributed by atoms with E-state index in [0.717, 1.165) is 38.9 Å². The minimum absolute atomic E-state index is 0.0827. The van der Waals surface area contributed by atoms with Crippen LogP contribution in [0.4, 0.5) is 0 Å².